The first-order valence-corrected chi connectivity index (χ1v) is 4.72. The number of hydrogen-bond donors (Lipinski definition) is 1. The van der Waals surface area contributed by atoms with Crippen LogP contribution >= 0.6 is 0 Å². The van der Waals surface area contributed by atoms with Crippen LogP contribution < -0.4 is 5.73 Å². The molecule has 0 radical (unpaired) electrons. The minimum absolute atomic E-state index is 0.0989. The molecule has 0 aliphatic heterocycles. The predicted octanol–water partition coefficient (Wildman–Crippen LogP) is 2.22. The van der Waals surface area contributed by atoms with Crippen molar-refractivity contribution in [3.8, 4) is 0 Å². The summed E-state index contributed by atoms with van der Waals surface area (Å²) in [7, 11) is 0. The molecule has 0 spiro atoms. The van der Waals surface area contributed by atoms with Gasteiger partial charge in [-0.25, -0.2) is 4.39 Å². The van der Waals surface area contributed by atoms with E-state index in [-0.39, 0.29) is 12.5 Å². The fourth-order valence-corrected chi connectivity index (χ4v) is 1.78. The maximum Gasteiger partial charge on any atom is 0.150 e. The molecule has 0 amide bonds. The second-order valence-electron chi connectivity index (χ2n) is 3.71. The summed E-state index contributed by atoms with van der Waals surface area (Å²) in [6, 6.07) is 9.27. The van der Waals surface area contributed by atoms with E-state index in [1.165, 1.54) is 0 Å². The van der Waals surface area contributed by atoms with Gasteiger partial charge in [-0.2, -0.15) is 0 Å². The summed E-state index contributed by atoms with van der Waals surface area (Å²) in [5.41, 5.74) is 4.96. The van der Waals surface area contributed by atoms with Crippen molar-refractivity contribution in [1.29, 1.82) is 0 Å². The lowest BCUT2D eigenvalue weighted by molar-refractivity contribution is 0.143. The molecule has 1 fully saturated rings. The third kappa shape index (κ3) is 1.46. The molecule has 13 heavy (non-hydrogen) atoms. The van der Waals surface area contributed by atoms with Gasteiger partial charge in [0, 0.05) is 6.54 Å². The molecule has 1 unspecified atom stereocenters. The first kappa shape index (κ1) is 8.70. The van der Waals surface area contributed by atoms with Gasteiger partial charge in [-0.1, -0.05) is 30.3 Å². The maximum atomic E-state index is 14.3. The van der Waals surface area contributed by atoms with E-state index in [0.29, 0.717) is 0 Å². The fraction of sp³-hybridized carbons (Fsp3) is 0.455. The van der Waals surface area contributed by atoms with Crippen LogP contribution in [0.1, 0.15) is 18.4 Å². The van der Waals surface area contributed by atoms with Crippen LogP contribution in [0.2, 0.25) is 0 Å². The highest BCUT2D eigenvalue weighted by Gasteiger charge is 2.45. The van der Waals surface area contributed by atoms with Crippen LogP contribution in [0.5, 0.6) is 0 Å². The molecule has 0 saturated heterocycles. The quantitative estimate of drug-likeness (QED) is 0.756. The van der Waals surface area contributed by atoms with Gasteiger partial charge in [0.25, 0.3) is 0 Å². The summed E-state index contributed by atoms with van der Waals surface area (Å²) in [4.78, 5) is 0. The number of halogens is 1. The van der Waals surface area contributed by atoms with Gasteiger partial charge in [-0.3, -0.25) is 0 Å². The third-order valence-electron chi connectivity index (χ3n) is 2.78. The van der Waals surface area contributed by atoms with Crippen LogP contribution in [0.15, 0.2) is 30.3 Å². The molecule has 70 valence electrons. The molecule has 1 nitrogen and oxygen atoms in total. The predicted molar refractivity (Wildman–Crippen MR) is 51.0 cm³/mol. The smallest absolute Gasteiger partial charge is 0.150 e. The van der Waals surface area contributed by atoms with Gasteiger partial charge >= 0.3 is 0 Å². The molecule has 0 aromatic heterocycles. The van der Waals surface area contributed by atoms with Crippen molar-refractivity contribution in [2.75, 3.05) is 6.54 Å². The second-order valence-corrected chi connectivity index (χ2v) is 3.71. The lowest BCUT2D eigenvalue weighted by Crippen LogP contribution is -2.32. The van der Waals surface area contributed by atoms with E-state index in [1.807, 2.05) is 30.3 Å². The van der Waals surface area contributed by atoms with Crippen molar-refractivity contribution in [1.82, 2.24) is 0 Å². The molecule has 1 aromatic carbocycles. The Morgan fingerprint density at radius 2 is 1.92 bits per heavy atom. The van der Waals surface area contributed by atoms with Crippen LogP contribution in [0.4, 0.5) is 4.39 Å². The summed E-state index contributed by atoms with van der Waals surface area (Å²) in [5, 5.41) is 0. The van der Waals surface area contributed by atoms with Gasteiger partial charge in [0.1, 0.15) is 0 Å². The molecule has 1 aromatic rings. The van der Waals surface area contributed by atoms with E-state index in [9.17, 15) is 4.39 Å². The lowest BCUT2D eigenvalue weighted by Gasteiger charge is -2.23. The standard InChI is InChI=1S/C11H14FN/c12-11(8-13,10-6-7-10)9-4-2-1-3-5-9/h1-5,10H,6-8,13H2. The summed E-state index contributed by atoms with van der Waals surface area (Å²) >= 11 is 0. The number of rotatable bonds is 3. The van der Waals surface area contributed by atoms with Gasteiger partial charge in [-0.15, -0.1) is 0 Å². The first-order chi connectivity index (χ1) is 6.27. The van der Waals surface area contributed by atoms with Crippen LogP contribution in [0.25, 0.3) is 0 Å². The van der Waals surface area contributed by atoms with Crippen LogP contribution in [-0.2, 0) is 5.67 Å². The summed E-state index contributed by atoms with van der Waals surface area (Å²) < 4.78 is 14.3. The molecule has 1 saturated carbocycles. The molecule has 0 bridgehead atoms. The Labute approximate surface area is 77.8 Å². The Bertz CT molecular complexity index is 281. The minimum Gasteiger partial charge on any atom is -0.327 e. The van der Waals surface area contributed by atoms with Gasteiger partial charge in [0.05, 0.1) is 0 Å². The number of nitrogens with two attached hydrogens (primary N) is 1. The third-order valence-corrected chi connectivity index (χ3v) is 2.78. The summed E-state index contributed by atoms with van der Waals surface area (Å²) in [6.45, 7) is 0.0989. The van der Waals surface area contributed by atoms with Crippen LogP contribution in [0, 0.1) is 5.92 Å². The van der Waals surface area contributed by atoms with Crippen molar-refractivity contribution in [3.63, 3.8) is 0 Å². The second kappa shape index (κ2) is 3.11. The molecule has 2 rings (SSSR count). The minimum atomic E-state index is -1.28. The Hall–Kier alpha value is -0.890. The van der Waals surface area contributed by atoms with Crippen molar-refractivity contribution < 1.29 is 4.39 Å². The summed E-state index contributed by atoms with van der Waals surface area (Å²) in [6.07, 6.45) is 1.95. The van der Waals surface area contributed by atoms with E-state index >= 15 is 0 Å². The van der Waals surface area contributed by atoms with Crippen LogP contribution in [-0.4, -0.2) is 6.54 Å². The molecular formula is C11H14FN. The van der Waals surface area contributed by atoms with Crippen LogP contribution in [0.3, 0.4) is 0 Å². The SMILES string of the molecule is NCC(F)(c1ccccc1)C1CC1. The van der Waals surface area contributed by atoms with Crippen molar-refractivity contribution >= 4 is 0 Å². The van der Waals surface area contributed by atoms with E-state index in [2.05, 4.69) is 0 Å². The van der Waals surface area contributed by atoms with Gasteiger partial charge in [-0.05, 0) is 24.3 Å². The first-order valence-electron chi connectivity index (χ1n) is 4.72. The van der Waals surface area contributed by atoms with Gasteiger partial charge in [0.2, 0.25) is 0 Å². The largest absolute Gasteiger partial charge is 0.327 e. The lowest BCUT2D eigenvalue weighted by atomic mass is 9.91. The van der Waals surface area contributed by atoms with E-state index in [4.69, 9.17) is 5.73 Å². The van der Waals surface area contributed by atoms with Gasteiger partial charge < -0.3 is 5.73 Å². The van der Waals surface area contributed by atoms with E-state index in [0.717, 1.165) is 18.4 Å². The Morgan fingerprint density at radius 1 is 1.31 bits per heavy atom. The Kier molecular flexibility index (Phi) is 2.08. The number of benzene rings is 1. The topological polar surface area (TPSA) is 26.0 Å². The fourth-order valence-electron chi connectivity index (χ4n) is 1.78. The maximum absolute atomic E-state index is 14.3. The monoisotopic (exact) mass is 179 g/mol. The van der Waals surface area contributed by atoms with Crippen molar-refractivity contribution in [2.45, 2.75) is 18.5 Å². The van der Waals surface area contributed by atoms with Crippen molar-refractivity contribution in [3.05, 3.63) is 35.9 Å². The zero-order chi connectivity index (χ0) is 9.31. The highest BCUT2D eigenvalue weighted by Crippen LogP contribution is 2.47. The molecular weight excluding hydrogens is 165 g/mol. The van der Waals surface area contributed by atoms with E-state index < -0.39 is 5.67 Å². The molecule has 1 aliphatic carbocycles. The molecule has 0 heterocycles. The zero-order valence-electron chi connectivity index (χ0n) is 7.54. The Balaban J connectivity index is 2.30. The highest BCUT2D eigenvalue weighted by molar-refractivity contribution is 5.25. The van der Waals surface area contributed by atoms with Crippen molar-refractivity contribution in [2.24, 2.45) is 11.7 Å². The van der Waals surface area contributed by atoms with E-state index in [1.54, 1.807) is 0 Å². The Morgan fingerprint density at radius 3 is 2.38 bits per heavy atom. The summed E-state index contributed by atoms with van der Waals surface area (Å²) in [5.74, 6) is 0.153. The average molecular weight is 179 g/mol. The number of alkyl halides is 1. The zero-order valence-corrected chi connectivity index (χ0v) is 7.54. The number of hydrogen-bond acceptors (Lipinski definition) is 1. The highest BCUT2D eigenvalue weighted by atomic mass is 19.1. The normalized spacial score (nSPS) is 21.1. The molecule has 1 atom stereocenters. The average Bonchev–Trinajstić information content (AvgIpc) is 3.02. The molecule has 1 aliphatic rings. The molecule has 2 N–H and O–H groups in total. The van der Waals surface area contributed by atoms with Gasteiger partial charge in [0.15, 0.2) is 5.67 Å². The molecule has 2 heteroatoms.